The van der Waals surface area contributed by atoms with Crippen LogP contribution in [0.5, 0.6) is 0 Å². The van der Waals surface area contributed by atoms with Gasteiger partial charge in [0.05, 0.1) is 19.8 Å². The van der Waals surface area contributed by atoms with Gasteiger partial charge >= 0.3 is 0 Å². The summed E-state index contributed by atoms with van der Waals surface area (Å²) in [6.45, 7) is 1.74. The molecule has 0 bridgehead atoms. The summed E-state index contributed by atoms with van der Waals surface area (Å²) in [4.78, 5) is 0. The molecule has 0 unspecified atom stereocenters. The molecule has 3 aromatic rings. The Morgan fingerprint density at radius 2 is 2.08 bits per heavy atom. The fraction of sp³-hybridized carbons (Fsp3) is 0.312. The van der Waals surface area contributed by atoms with Crippen LogP contribution < -0.4 is 5.32 Å². The molecule has 8 heteroatoms. The van der Waals surface area contributed by atoms with E-state index in [-0.39, 0.29) is 5.82 Å². The van der Waals surface area contributed by atoms with E-state index in [1.165, 1.54) is 23.5 Å². The Hall–Kier alpha value is -2.32. The third-order valence-corrected chi connectivity index (χ3v) is 4.69. The number of rotatable bonds is 5. The monoisotopic (exact) mass is 346 g/mol. The van der Waals surface area contributed by atoms with Gasteiger partial charge in [0.1, 0.15) is 22.3 Å². The minimum absolute atomic E-state index is 0.238. The standard InChI is InChI=1S/C16H15FN4O2S/c17-11-3-1-10(2-4-11)7-15-19-20-16(24-15)18-8-13-12-9-22-6-5-14(12)23-21-13/h1-4H,5-9H2,(H,18,20). The fourth-order valence-corrected chi connectivity index (χ4v) is 3.32. The van der Waals surface area contributed by atoms with Gasteiger partial charge in [0, 0.05) is 18.4 Å². The van der Waals surface area contributed by atoms with Crippen molar-refractivity contribution >= 4 is 16.5 Å². The third-order valence-electron chi connectivity index (χ3n) is 3.81. The summed E-state index contributed by atoms with van der Waals surface area (Å²) in [6, 6.07) is 6.41. The Labute approximate surface area is 141 Å². The number of benzene rings is 1. The summed E-state index contributed by atoms with van der Waals surface area (Å²) in [5.74, 6) is 0.672. The van der Waals surface area contributed by atoms with Gasteiger partial charge in [-0.25, -0.2) is 4.39 Å². The SMILES string of the molecule is Fc1ccc(Cc2nnc(NCc3noc4c3COCC4)s2)cc1. The van der Waals surface area contributed by atoms with Gasteiger partial charge in [0.2, 0.25) is 5.13 Å². The number of hydrogen-bond donors (Lipinski definition) is 1. The summed E-state index contributed by atoms with van der Waals surface area (Å²) in [5, 5.41) is 17.2. The van der Waals surface area contributed by atoms with Crippen molar-refractivity contribution in [1.29, 1.82) is 0 Å². The molecular formula is C16H15FN4O2S. The average molecular weight is 346 g/mol. The minimum Gasteiger partial charge on any atom is -0.376 e. The third kappa shape index (κ3) is 3.29. The molecule has 1 N–H and O–H groups in total. The first kappa shape index (κ1) is 15.2. The number of ether oxygens (including phenoxy) is 1. The Balaban J connectivity index is 1.38. The molecule has 4 rings (SSSR count). The van der Waals surface area contributed by atoms with E-state index < -0.39 is 0 Å². The summed E-state index contributed by atoms with van der Waals surface area (Å²) >= 11 is 1.47. The molecule has 1 aliphatic rings. The number of fused-ring (bicyclic) bond motifs is 1. The second-order valence-electron chi connectivity index (χ2n) is 5.49. The van der Waals surface area contributed by atoms with E-state index in [1.54, 1.807) is 12.1 Å². The largest absolute Gasteiger partial charge is 0.376 e. The number of nitrogens with zero attached hydrogens (tertiary/aromatic N) is 3. The molecule has 0 radical (unpaired) electrons. The molecule has 0 saturated carbocycles. The van der Waals surface area contributed by atoms with Gasteiger partial charge in [-0.05, 0) is 17.7 Å². The maximum atomic E-state index is 12.9. The first-order valence-electron chi connectivity index (χ1n) is 7.62. The number of aromatic nitrogens is 3. The zero-order valence-electron chi connectivity index (χ0n) is 12.8. The molecule has 3 heterocycles. The second-order valence-corrected chi connectivity index (χ2v) is 6.55. The van der Waals surface area contributed by atoms with Crippen LogP contribution in [0.3, 0.4) is 0 Å². The van der Waals surface area contributed by atoms with Gasteiger partial charge in [-0.3, -0.25) is 0 Å². The normalized spacial score (nSPS) is 13.7. The van der Waals surface area contributed by atoms with Crippen molar-refractivity contribution in [1.82, 2.24) is 15.4 Å². The lowest BCUT2D eigenvalue weighted by Crippen LogP contribution is -2.10. The van der Waals surface area contributed by atoms with E-state index in [0.29, 0.717) is 26.2 Å². The van der Waals surface area contributed by atoms with Crippen molar-refractivity contribution in [2.75, 3.05) is 11.9 Å². The molecule has 1 aromatic carbocycles. The molecule has 24 heavy (non-hydrogen) atoms. The highest BCUT2D eigenvalue weighted by atomic mass is 32.1. The highest BCUT2D eigenvalue weighted by Crippen LogP contribution is 2.23. The molecule has 6 nitrogen and oxygen atoms in total. The summed E-state index contributed by atoms with van der Waals surface area (Å²) < 4.78 is 23.7. The zero-order chi connectivity index (χ0) is 16.4. The molecule has 0 fully saturated rings. The first-order valence-corrected chi connectivity index (χ1v) is 8.44. The first-order chi connectivity index (χ1) is 11.8. The second kappa shape index (κ2) is 6.66. The van der Waals surface area contributed by atoms with Gasteiger partial charge in [0.15, 0.2) is 0 Å². The van der Waals surface area contributed by atoms with Crippen LogP contribution in [0.4, 0.5) is 9.52 Å². The van der Waals surface area contributed by atoms with Gasteiger partial charge < -0.3 is 14.6 Å². The van der Waals surface area contributed by atoms with E-state index in [9.17, 15) is 4.39 Å². The smallest absolute Gasteiger partial charge is 0.206 e. The lowest BCUT2D eigenvalue weighted by atomic mass is 10.1. The van der Waals surface area contributed by atoms with E-state index >= 15 is 0 Å². The molecule has 0 amide bonds. The summed E-state index contributed by atoms with van der Waals surface area (Å²) in [6.07, 6.45) is 1.40. The van der Waals surface area contributed by atoms with E-state index in [0.717, 1.165) is 39.1 Å². The van der Waals surface area contributed by atoms with Crippen molar-refractivity contribution < 1.29 is 13.7 Å². The number of anilines is 1. The van der Waals surface area contributed by atoms with Crippen LogP contribution in [0.25, 0.3) is 0 Å². The minimum atomic E-state index is -0.238. The van der Waals surface area contributed by atoms with E-state index in [1.807, 2.05) is 0 Å². The quantitative estimate of drug-likeness (QED) is 0.766. The average Bonchev–Trinajstić information content (AvgIpc) is 3.22. The van der Waals surface area contributed by atoms with Crippen LogP contribution >= 0.6 is 11.3 Å². The fourth-order valence-electron chi connectivity index (χ4n) is 2.55. The van der Waals surface area contributed by atoms with Crippen LogP contribution in [-0.2, 0) is 30.7 Å². The number of hydrogen-bond acceptors (Lipinski definition) is 7. The Morgan fingerprint density at radius 1 is 1.21 bits per heavy atom. The molecular weight excluding hydrogens is 331 g/mol. The van der Waals surface area contributed by atoms with Crippen LogP contribution in [0.15, 0.2) is 28.8 Å². The van der Waals surface area contributed by atoms with Crippen LogP contribution in [0, 0.1) is 5.82 Å². The van der Waals surface area contributed by atoms with Gasteiger partial charge in [-0.15, -0.1) is 10.2 Å². The molecule has 2 aromatic heterocycles. The highest BCUT2D eigenvalue weighted by Gasteiger charge is 2.19. The van der Waals surface area contributed by atoms with Crippen molar-refractivity contribution in [3.05, 3.63) is 57.7 Å². The van der Waals surface area contributed by atoms with Crippen molar-refractivity contribution in [2.45, 2.75) is 26.0 Å². The lowest BCUT2D eigenvalue weighted by molar-refractivity contribution is 0.102. The maximum Gasteiger partial charge on any atom is 0.206 e. The van der Waals surface area contributed by atoms with Crippen molar-refractivity contribution in [2.24, 2.45) is 0 Å². The van der Waals surface area contributed by atoms with E-state index in [4.69, 9.17) is 9.26 Å². The molecule has 1 aliphatic heterocycles. The van der Waals surface area contributed by atoms with Crippen molar-refractivity contribution in [3.8, 4) is 0 Å². The number of halogens is 1. The van der Waals surface area contributed by atoms with Crippen LogP contribution in [0.1, 0.15) is 27.6 Å². The molecule has 0 spiro atoms. The van der Waals surface area contributed by atoms with Crippen LogP contribution in [-0.4, -0.2) is 22.0 Å². The predicted molar refractivity (Wildman–Crippen MR) is 86.3 cm³/mol. The zero-order valence-corrected chi connectivity index (χ0v) is 13.6. The van der Waals surface area contributed by atoms with Crippen LogP contribution in [0.2, 0.25) is 0 Å². The van der Waals surface area contributed by atoms with Gasteiger partial charge in [-0.2, -0.15) is 0 Å². The van der Waals surface area contributed by atoms with Gasteiger partial charge in [-0.1, -0.05) is 28.6 Å². The maximum absolute atomic E-state index is 12.9. The topological polar surface area (TPSA) is 73.1 Å². The van der Waals surface area contributed by atoms with E-state index in [2.05, 4.69) is 20.7 Å². The lowest BCUT2D eigenvalue weighted by Gasteiger charge is -2.10. The predicted octanol–water partition coefficient (Wildman–Crippen LogP) is 2.94. The molecule has 124 valence electrons. The molecule has 0 saturated heterocycles. The Kier molecular flexibility index (Phi) is 4.22. The molecule has 0 atom stereocenters. The van der Waals surface area contributed by atoms with Gasteiger partial charge in [0.25, 0.3) is 0 Å². The molecule has 0 aliphatic carbocycles. The van der Waals surface area contributed by atoms with Crippen molar-refractivity contribution in [3.63, 3.8) is 0 Å². The Bertz CT molecular complexity index is 831. The Morgan fingerprint density at radius 3 is 2.96 bits per heavy atom. The summed E-state index contributed by atoms with van der Waals surface area (Å²) in [5.41, 5.74) is 2.88. The number of nitrogens with one attached hydrogen (secondary N) is 1. The highest BCUT2D eigenvalue weighted by molar-refractivity contribution is 7.15. The summed E-state index contributed by atoms with van der Waals surface area (Å²) in [7, 11) is 0.